The first kappa shape index (κ1) is 39.5. The third-order valence-electron chi connectivity index (χ3n) is 9.11. The minimum Gasteiger partial charge on any atom is -0.478 e. The van der Waals surface area contributed by atoms with E-state index < -0.39 is 17.7 Å². The SMILES string of the molecule is NC(=O)CNC(=O)c1cccc(-c2cccc3oc(Cc4cc(F)cc(Cl)c4)cc23)c1.O=C(O)c1cccc(-c2cccc3oc(Cc4cc(F)cc(Cl)c4)cc23)c1. The standard InChI is InChI=1S/C24H18ClFN2O3.C22H14ClFO3/c25-17-7-14(8-18(26)11-17)9-19-12-21-20(5-2-6-22(21)31-19)15-3-1-4-16(10-15)24(30)28-13-23(27)29;23-16-7-13(8-17(24)11-16)9-18-12-20-19(5-2-6-21(20)27-18)14-3-1-4-15(10-14)22(25)26/h1-8,10-12H,9,13H2,(H2,27,29)(H,28,30);1-8,10-12H,9H2,(H,25,26). The predicted octanol–water partition coefficient (Wildman–Crippen LogP) is 10.9. The van der Waals surface area contributed by atoms with Crippen molar-refractivity contribution in [3.8, 4) is 22.3 Å². The van der Waals surface area contributed by atoms with Crippen LogP contribution in [0.4, 0.5) is 8.78 Å². The van der Waals surface area contributed by atoms with E-state index in [4.69, 9.17) is 37.8 Å². The molecule has 0 atom stereocenters. The number of primary amides is 1. The summed E-state index contributed by atoms with van der Waals surface area (Å²) in [5.74, 6) is -1.41. The van der Waals surface area contributed by atoms with E-state index in [0.29, 0.717) is 62.3 Å². The molecule has 8 aromatic rings. The van der Waals surface area contributed by atoms with Crippen molar-refractivity contribution in [3.63, 3.8) is 0 Å². The largest absolute Gasteiger partial charge is 0.478 e. The topological polar surface area (TPSA) is 136 Å². The lowest BCUT2D eigenvalue weighted by atomic mass is 9.99. The molecule has 0 radical (unpaired) electrons. The molecule has 2 amide bonds. The monoisotopic (exact) mass is 816 g/mol. The first-order valence-corrected chi connectivity index (χ1v) is 18.6. The Hall–Kier alpha value is -6.75. The fraction of sp³-hybridized carbons (Fsp3) is 0.0652. The number of aromatic carboxylic acids is 1. The van der Waals surface area contributed by atoms with Crippen molar-refractivity contribution < 1.29 is 37.1 Å². The lowest BCUT2D eigenvalue weighted by Gasteiger charge is -2.07. The number of carboxylic acids is 1. The fourth-order valence-corrected chi connectivity index (χ4v) is 7.14. The second-order valence-electron chi connectivity index (χ2n) is 13.4. The molecule has 6 aromatic carbocycles. The first-order chi connectivity index (χ1) is 27.9. The maximum atomic E-state index is 13.6. The molecule has 8 nitrogen and oxygen atoms in total. The molecular formula is C46H32Cl2F2N2O6. The Balaban J connectivity index is 0.000000178. The minimum absolute atomic E-state index is 0.225. The van der Waals surface area contributed by atoms with Crippen LogP contribution in [-0.4, -0.2) is 29.4 Å². The van der Waals surface area contributed by atoms with Gasteiger partial charge in [0.1, 0.15) is 34.3 Å². The summed E-state index contributed by atoms with van der Waals surface area (Å²) >= 11 is 11.9. The van der Waals surface area contributed by atoms with Gasteiger partial charge in [0.15, 0.2) is 0 Å². The highest BCUT2D eigenvalue weighted by atomic mass is 35.5. The third kappa shape index (κ3) is 9.43. The Bertz CT molecular complexity index is 2810. The van der Waals surface area contributed by atoms with E-state index in [9.17, 15) is 28.3 Å². The molecule has 58 heavy (non-hydrogen) atoms. The zero-order valence-corrected chi connectivity index (χ0v) is 31.9. The molecule has 2 heterocycles. The zero-order chi connectivity index (χ0) is 40.9. The number of carboxylic acid groups (broad SMARTS) is 1. The average Bonchev–Trinajstić information content (AvgIpc) is 3.79. The van der Waals surface area contributed by atoms with E-state index in [1.165, 1.54) is 24.3 Å². The molecule has 4 N–H and O–H groups in total. The summed E-state index contributed by atoms with van der Waals surface area (Å²) in [5.41, 5.74) is 11.9. The number of benzene rings is 6. The normalized spacial score (nSPS) is 11.0. The predicted molar refractivity (Wildman–Crippen MR) is 220 cm³/mol. The van der Waals surface area contributed by atoms with E-state index in [1.54, 1.807) is 48.5 Å². The summed E-state index contributed by atoms with van der Waals surface area (Å²) in [4.78, 5) is 34.4. The van der Waals surface area contributed by atoms with Gasteiger partial charge in [0.2, 0.25) is 5.91 Å². The average molecular weight is 818 g/mol. The van der Waals surface area contributed by atoms with Crippen LogP contribution in [0.25, 0.3) is 44.2 Å². The summed E-state index contributed by atoms with van der Waals surface area (Å²) in [6.45, 7) is -0.228. The van der Waals surface area contributed by atoms with E-state index in [-0.39, 0.29) is 23.8 Å². The van der Waals surface area contributed by atoms with E-state index in [0.717, 1.165) is 33.0 Å². The minimum atomic E-state index is -0.972. The summed E-state index contributed by atoms with van der Waals surface area (Å²) in [6.07, 6.45) is 0.794. The van der Waals surface area contributed by atoms with Crippen molar-refractivity contribution in [1.82, 2.24) is 5.32 Å². The van der Waals surface area contributed by atoms with E-state index >= 15 is 0 Å². The van der Waals surface area contributed by atoms with Gasteiger partial charge in [-0.25, -0.2) is 13.6 Å². The van der Waals surface area contributed by atoms with Crippen LogP contribution < -0.4 is 11.1 Å². The Kier molecular flexibility index (Phi) is 11.7. The van der Waals surface area contributed by atoms with Crippen molar-refractivity contribution in [1.29, 1.82) is 0 Å². The molecule has 2 aromatic heterocycles. The number of furan rings is 2. The number of carbonyl (C=O) groups is 3. The van der Waals surface area contributed by atoms with Crippen molar-refractivity contribution in [2.24, 2.45) is 5.73 Å². The number of rotatable bonds is 10. The molecule has 0 spiro atoms. The van der Waals surface area contributed by atoms with Gasteiger partial charge in [-0.15, -0.1) is 0 Å². The van der Waals surface area contributed by atoms with E-state index in [2.05, 4.69) is 5.32 Å². The van der Waals surface area contributed by atoms with Crippen LogP contribution in [-0.2, 0) is 17.6 Å². The molecule has 8 rings (SSSR count). The molecule has 0 fully saturated rings. The first-order valence-electron chi connectivity index (χ1n) is 17.8. The van der Waals surface area contributed by atoms with Crippen molar-refractivity contribution in [3.05, 3.63) is 189 Å². The van der Waals surface area contributed by atoms with Gasteiger partial charge in [-0.3, -0.25) is 9.59 Å². The lowest BCUT2D eigenvalue weighted by molar-refractivity contribution is -0.117. The number of amides is 2. The van der Waals surface area contributed by atoms with Crippen molar-refractivity contribution in [2.75, 3.05) is 6.54 Å². The molecule has 0 saturated carbocycles. The lowest BCUT2D eigenvalue weighted by Crippen LogP contribution is -2.33. The van der Waals surface area contributed by atoms with Gasteiger partial charge < -0.3 is 25.0 Å². The van der Waals surface area contributed by atoms with Crippen LogP contribution in [0.3, 0.4) is 0 Å². The highest BCUT2D eigenvalue weighted by Crippen LogP contribution is 2.34. The second-order valence-corrected chi connectivity index (χ2v) is 14.3. The summed E-state index contributed by atoms with van der Waals surface area (Å²) in [6, 6.07) is 37.7. The van der Waals surface area contributed by atoms with Gasteiger partial charge in [-0.1, -0.05) is 71.7 Å². The van der Waals surface area contributed by atoms with Crippen LogP contribution in [0, 0.1) is 11.6 Å². The Morgan fingerprint density at radius 1 is 0.603 bits per heavy atom. The quantitative estimate of drug-likeness (QED) is 0.126. The smallest absolute Gasteiger partial charge is 0.335 e. The number of nitrogens with two attached hydrogens (primary N) is 1. The fourth-order valence-electron chi connectivity index (χ4n) is 6.65. The molecule has 290 valence electrons. The molecule has 0 aliphatic heterocycles. The van der Waals surface area contributed by atoms with Gasteiger partial charge in [0.05, 0.1) is 12.1 Å². The van der Waals surface area contributed by atoms with Gasteiger partial charge in [-0.05, 0) is 118 Å². The van der Waals surface area contributed by atoms with Gasteiger partial charge >= 0.3 is 5.97 Å². The number of halogens is 4. The van der Waals surface area contributed by atoms with Crippen LogP contribution in [0.2, 0.25) is 10.0 Å². The molecule has 0 unspecified atom stereocenters. The number of hydrogen-bond donors (Lipinski definition) is 3. The van der Waals surface area contributed by atoms with E-state index in [1.807, 2.05) is 60.7 Å². The molecular weight excluding hydrogens is 785 g/mol. The second kappa shape index (κ2) is 17.2. The Labute approximate surface area is 340 Å². The molecule has 12 heteroatoms. The number of nitrogens with one attached hydrogen (secondary N) is 1. The summed E-state index contributed by atoms with van der Waals surface area (Å²) < 4.78 is 39.1. The van der Waals surface area contributed by atoms with Gasteiger partial charge in [0, 0.05) is 39.2 Å². The van der Waals surface area contributed by atoms with Gasteiger partial charge in [0.25, 0.3) is 5.91 Å². The maximum Gasteiger partial charge on any atom is 0.335 e. The molecule has 0 aliphatic rings. The van der Waals surface area contributed by atoms with Crippen LogP contribution in [0.1, 0.15) is 43.4 Å². The number of hydrogen-bond acceptors (Lipinski definition) is 5. The van der Waals surface area contributed by atoms with Crippen molar-refractivity contribution >= 4 is 62.9 Å². The Morgan fingerprint density at radius 2 is 1.07 bits per heavy atom. The van der Waals surface area contributed by atoms with Crippen LogP contribution in [0.5, 0.6) is 0 Å². The third-order valence-corrected chi connectivity index (χ3v) is 9.54. The highest BCUT2D eigenvalue weighted by molar-refractivity contribution is 6.31. The molecule has 0 aliphatic carbocycles. The van der Waals surface area contributed by atoms with Gasteiger partial charge in [-0.2, -0.15) is 0 Å². The summed E-state index contributed by atoms with van der Waals surface area (Å²) in [7, 11) is 0. The summed E-state index contributed by atoms with van der Waals surface area (Å²) in [5, 5.41) is 14.1. The number of carbonyl (C=O) groups excluding carboxylic acids is 2. The maximum absolute atomic E-state index is 13.6. The zero-order valence-electron chi connectivity index (χ0n) is 30.4. The van der Waals surface area contributed by atoms with Crippen LogP contribution >= 0.6 is 23.2 Å². The molecule has 0 saturated heterocycles. The van der Waals surface area contributed by atoms with Crippen LogP contribution in [0.15, 0.2) is 142 Å². The van der Waals surface area contributed by atoms with Crippen molar-refractivity contribution in [2.45, 2.75) is 12.8 Å². The Morgan fingerprint density at radius 3 is 1.53 bits per heavy atom. The molecule has 0 bridgehead atoms. The highest BCUT2D eigenvalue weighted by Gasteiger charge is 2.15. The number of fused-ring (bicyclic) bond motifs is 2.